The summed E-state index contributed by atoms with van der Waals surface area (Å²) in [6.07, 6.45) is 0. The molecule has 0 aromatic heterocycles. The van der Waals surface area contributed by atoms with Gasteiger partial charge in [0.05, 0.1) is 4.90 Å². The van der Waals surface area contributed by atoms with Crippen molar-refractivity contribution in [3.05, 3.63) is 28.2 Å². The largest absolute Gasteiger partial charge is 0.244 e. The fourth-order valence-corrected chi connectivity index (χ4v) is 5.02. The highest BCUT2D eigenvalue weighted by Crippen LogP contribution is 2.32. The molecule has 106 valence electrons. The van der Waals surface area contributed by atoms with Crippen LogP contribution in [-0.4, -0.2) is 25.8 Å². The normalized spacial score (nSPS) is 24.8. The maximum atomic E-state index is 12.7. The Hall–Kier alpha value is -0.100. The van der Waals surface area contributed by atoms with Crippen molar-refractivity contribution in [2.45, 2.75) is 24.6 Å². The molecule has 0 N–H and O–H groups in total. The van der Waals surface area contributed by atoms with Crippen LogP contribution >= 0.6 is 27.5 Å². The minimum atomic E-state index is -3.44. The lowest BCUT2D eigenvalue weighted by molar-refractivity contribution is 0.463. The number of hydrogen-bond donors (Lipinski definition) is 0. The van der Waals surface area contributed by atoms with Gasteiger partial charge >= 0.3 is 0 Å². The third-order valence-corrected chi connectivity index (χ3v) is 6.86. The quantitative estimate of drug-likeness (QED) is 0.768. The first-order valence-corrected chi connectivity index (χ1v) is 8.97. The van der Waals surface area contributed by atoms with E-state index in [1.165, 1.54) is 0 Å². The highest BCUT2D eigenvalue weighted by Gasteiger charge is 2.35. The summed E-state index contributed by atoms with van der Waals surface area (Å²) in [4.78, 5) is 0.312. The summed E-state index contributed by atoms with van der Waals surface area (Å²) in [6.45, 7) is 5.34. The molecule has 0 amide bonds. The van der Waals surface area contributed by atoms with Crippen molar-refractivity contribution in [2.24, 2.45) is 11.8 Å². The number of halogens is 2. The maximum absolute atomic E-state index is 12.7. The average molecular weight is 367 g/mol. The van der Waals surface area contributed by atoms with E-state index in [0.29, 0.717) is 40.2 Å². The van der Waals surface area contributed by atoms with Gasteiger partial charge in [-0.15, -0.1) is 11.6 Å². The van der Waals surface area contributed by atoms with Gasteiger partial charge in [0, 0.05) is 23.4 Å². The summed E-state index contributed by atoms with van der Waals surface area (Å²) >= 11 is 9.11. The number of alkyl halides is 1. The van der Waals surface area contributed by atoms with Crippen molar-refractivity contribution in [3.8, 4) is 0 Å². The van der Waals surface area contributed by atoms with Gasteiger partial charge in [0.15, 0.2) is 0 Å². The van der Waals surface area contributed by atoms with E-state index in [0.717, 1.165) is 5.56 Å². The molecular formula is C13H17BrClNO2S. The van der Waals surface area contributed by atoms with Crippen LogP contribution in [-0.2, 0) is 15.9 Å². The lowest BCUT2D eigenvalue weighted by atomic mass is 10.0. The van der Waals surface area contributed by atoms with Crippen LogP contribution in [0.25, 0.3) is 0 Å². The Morgan fingerprint density at radius 2 is 1.89 bits per heavy atom. The second-order valence-corrected chi connectivity index (χ2v) is 8.20. The molecule has 1 aliphatic heterocycles. The fourth-order valence-electron chi connectivity index (χ4n) is 2.24. The van der Waals surface area contributed by atoms with Gasteiger partial charge in [-0.1, -0.05) is 19.9 Å². The number of nitrogens with zero attached hydrogens (tertiary/aromatic N) is 1. The van der Waals surface area contributed by atoms with E-state index in [4.69, 9.17) is 11.6 Å². The van der Waals surface area contributed by atoms with Crippen LogP contribution in [0.5, 0.6) is 0 Å². The van der Waals surface area contributed by atoms with E-state index in [9.17, 15) is 8.42 Å². The molecule has 2 rings (SSSR count). The standard InChI is InChI=1S/C13H17BrClNO2S/c1-9-7-16(8-10(9)2)19(17,18)13-5-11(6-15)3-4-12(13)14/h3-5,9-10H,6-8H2,1-2H3. The first-order valence-electron chi connectivity index (χ1n) is 6.20. The Balaban J connectivity index is 2.40. The lowest BCUT2D eigenvalue weighted by Gasteiger charge is -2.17. The fraction of sp³-hybridized carbons (Fsp3) is 0.538. The smallest absolute Gasteiger partial charge is 0.207 e. The highest BCUT2D eigenvalue weighted by atomic mass is 79.9. The van der Waals surface area contributed by atoms with Gasteiger partial charge in [-0.25, -0.2) is 8.42 Å². The highest BCUT2D eigenvalue weighted by molar-refractivity contribution is 9.10. The summed E-state index contributed by atoms with van der Waals surface area (Å²) < 4.78 is 27.5. The molecule has 1 aromatic carbocycles. The lowest BCUT2D eigenvalue weighted by Crippen LogP contribution is -2.29. The van der Waals surface area contributed by atoms with Gasteiger partial charge < -0.3 is 0 Å². The molecule has 2 atom stereocenters. The predicted molar refractivity (Wildman–Crippen MR) is 80.8 cm³/mol. The molecular weight excluding hydrogens is 350 g/mol. The number of benzene rings is 1. The van der Waals surface area contributed by atoms with Gasteiger partial charge in [-0.05, 0) is 45.5 Å². The minimum Gasteiger partial charge on any atom is -0.207 e. The molecule has 0 spiro atoms. The zero-order chi connectivity index (χ0) is 14.2. The van der Waals surface area contributed by atoms with E-state index in [2.05, 4.69) is 29.8 Å². The second kappa shape index (κ2) is 5.72. The maximum Gasteiger partial charge on any atom is 0.244 e. The zero-order valence-corrected chi connectivity index (χ0v) is 14.1. The summed E-state index contributed by atoms with van der Waals surface area (Å²) in [6, 6.07) is 5.22. The van der Waals surface area contributed by atoms with E-state index >= 15 is 0 Å². The first kappa shape index (κ1) is 15.3. The Morgan fingerprint density at radius 1 is 1.32 bits per heavy atom. The van der Waals surface area contributed by atoms with Crippen LogP contribution in [0, 0.1) is 11.8 Å². The Morgan fingerprint density at radius 3 is 2.42 bits per heavy atom. The van der Waals surface area contributed by atoms with Crippen molar-refractivity contribution < 1.29 is 8.42 Å². The van der Waals surface area contributed by atoms with Crippen molar-refractivity contribution in [1.29, 1.82) is 0 Å². The van der Waals surface area contributed by atoms with Crippen LogP contribution in [0.4, 0.5) is 0 Å². The molecule has 19 heavy (non-hydrogen) atoms. The Kier molecular flexibility index (Phi) is 4.60. The zero-order valence-electron chi connectivity index (χ0n) is 10.9. The SMILES string of the molecule is CC1CN(S(=O)(=O)c2cc(CCl)ccc2Br)CC1C. The summed E-state index contributed by atoms with van der Waals surface area (Å²) in [5, 5.41) is 0. The monoisotopic (exact) mass is 365 g/mol. The van der Waals surface area contributed by atoms with Crippen LogP contribution in [0.2, 0.25) is 0 Å². The van der Waals surface area contributed by atoms with Crippen LogP contribution in [0.1, 0.15) is 19.4 Å². The molecule has 1 aliphatic rings. The predicted octanol–water partition coefficient (Wildman–Crippen LogP) is 3.46. The molecule has 0 bridgehead atoms. The third kappa shape index (κ3) is 2.99. The van der Waals surface area contributed by atoms with Crippen molar-refractivity contribution >= 4 is 37.6 Å². The number of hydrogen-bond acceptors (Lipinski definition) is 2. The molecule has 6 heteroatoms. The summed E-state index contributed by atoms with van der Waals surface area (Å²) in [5.41, 5.74) is 0.809. The van der Waals surface area contributed by atoms with Gasteiger partial charge in [0.1, 0.15) is 0 Å². The molecule has 0 radical (unpaired) electrons. The van der Waals surface area contributed by atoms with E-state index < -0.39 is 10.0 Å². The average Bonchev–Trinajstić information content (AvgIpc) is 2.71. The van der Waals surface area contributed by atoms with Crippen LogP contribution in [0.3, 0.4) is 0 Å². The van der Waals surface area contributed by atoms with E-state index in [1.54, 1.807) is 16.4 Å². The van der Waals surface area contributed by atoms with E-state index in [-0.39, 0.29) is 0 Å². The summed E-state index contributed by atoms with van der Waals surface area (Å²) in [7, 11) is -3.44. The van der Waals surface area contributed by atoms with Gasteiger partial charge in [-0.3, -0.25) is 0 Å². The van der Waals surface area contributed by atoms with Crippen LogP contribution < -0.4 is 0 Å². The Labute approximate surface area is 128 Å². The number of rotatable bonds is 3. The molecule has 0 saturated carbocycles. The second-order valence-electron chi connectivity index (χ2n) is 5.17. The van der Waals surface area contributed by atoms with Crippen LogP contribution in [0.15, 0.2) is 27.6 Å². The molecule has 1 heterocycles. The van der Waals surface area contributed by atoms with Gasteiger partial charge in [-0.2, -0.15) is 4.31 Å². The molecule has 1 saturated heterocycles. The van der Waals surface area contributed by atoms with Crippen molar-refractivity contribution in [2.75, 3.05) is 13.1 Å². The first-order chi connectivity index (χ1) is 8.86. The molecule has 2 unspecified atom stereocenters. The molecule has 1 aromatic rings. The van der Waals surface area contributed by atoms with Crippen molar-refractivity contribution in [3.63, 3.8) is 0 Å². The topological polar surface area (TPSA) is 37.4 Å². The molecule has 1 fully saturated rings. The molecule has 0 aliphatic carbocycles. The van der Waals surface area contributed by atoms with E-state index in [1.807, 2.05) is 6.07 Å². The molecule has 3 nitrogen and oxygen atoms in total. The minimum absolute atomic E-state index is 0.308. The van der Waals surface area contributed by atoms with Gasteiger partial charge in [0.25, 0.3) is 0 Å². The Bertz CT molecular complexity index is 566. The van der Waals surface area contributed by atoms with Crippen molar-refractivity contribution in [1.82, 2.24) is 4.31 Å². The van der Waals surface area contributed by atoms with Gasteiger partial charge in [0.2, 0.25) is 10.0 Å². The number of sulfonamides is 1. The third-order valence-electron chi connectivity index (χ3n) is 3.72. The summed E-state index contributed by atoms with van der Waals surface area (Å²) in [5.74, 6) is 1.09.